The molecule has 0 saturated heterocycles. The number of nitrogens with zero attached hydrogens (tertiary/aromatic N) is 1. The average molecular weight is 243 g/mol. The molecule has 0 aliphatic rings. The standard InChI is InChI=1S/C8H16F3N3O2/c9-8(10,11)6-14(3-4-15)5-7(16)13-2-1-12/h15H,1-6,12H2,(H,13,16). The van der Waals surface area contributed by atoms with Crippen LogP contribution in [0.4, 0.5) is 13.2 Å². The van der Waals surface area contributed by atoms with Gasteiger partial charge in [-0.05, 0) is 0 Å². The van der Waals surface area contributed by atoms with Crippen molar-refractivity contribution < 1.29 is 23.1 Å². The van der Waals surface area contributed by atoms with Crippen LogP contribution in [0, 0.1) is 0 Å². The molecule has 0 aliphatic carbocycles. The van der Waals surface area contributed by atoms with Gasteiger partial charge in [-0.3, -0.25) is 9.69 Å². The summed E-state index contributed by atoms with van der Waals surface area (Å²) in [6.45, 7) is -1.80. The Balaban J connectivity index is 4.06. The third-order valence-corrected chi connectivity index (χ3v) is 1.65. The summed E-state index contributed by atoms with van der Waals surface area (Å²) in [6, 6.07) is 0. The lowest BCUT2D eigenvalue weighted by Gasteiger charge is -2.21. The van der Waals surface area contributed by atoms with Crippen molar-refractivity contribution in [1.82, 2.24) is 10.2 Å². The minimum absolute atomic E-state index is 0.199. The Hall–Kier alpha value is -0.860. The van der Waals surface area contributed by atoms with E-state index in [1.54, 1.807) is 0 Å². The van der Waals surface area contributed by atoms with Gasteiger partial charge in [-0.1, -0.05) is 0 Å². The first-order valence-electron chi connectivity index (χ1n) is 4.75. The molecule has 0 radical (unpaired) electrons. The second-order valence-corrected chi connectivity index (χ2v) is 3.19. The molecule has 5 nitrogen and oxygen atoms in total. The first-order valence-corrected chi connectivity index (χ1v) is 4.75. The van der Waals surface area contributed by atoms with Gasteiger partial charge in [0.1, 0.15) is 0 Å². The largest absolute Gasteiger partial charge is 0.401 e. The number of hydrogen-bond donors (Lipinski definition) is 3. The molecule has 1 amide bonds. The Morgan fingerprint density at radius 1 is 1.44 bits per heavy atom. The Bertz CT molecular complexity index is 211. The number of alkyl halides is 3. The minimum Gasteiger partial charge on any atom is -0.395 e. The fraction of sp³-hybridized carbons (Fsp3) is 0.875. The highest BCUT2D eigenvalue weighted by Crippen LogP contribution is 2.15. The number of aliphatic hydroxyl groups excluding tert-OH is 1. The maximum absolute atomic E-state index is 12.1. The fourth-order valence-corrected chi connectivity index (χ4v) is 1.08. The molecule has 16 heavy (non-hydrogen) atoms. The predicted octanol–water partition coefficient (Wildman–Crippen LogP) is -1.08. The molecule has 0 aromatic rings. The molecule has 0 aromatic heterocycles. The van der Waals surface area contributed by atoms with Gasteiger partial charge in [-0.2, -0.15) is 13.2 Å². The third-order valence-electron chi connectivity index (χ3n) is 1.65. The zero-order valence-corrected chi connectivity index (χ0v) is 8.76. The van der Waals surface area contributed by atoms with E-state index < -0.39 is 31.8 Å². The van der Waals surface area contributed by atoms with Crippen molar-refractivity contribution >= 4 is 5.91 Å². The molecule has 0 spiro atoms. The van der Waals surface area contributed by atoms with E-state index >= 15 is 0 Å². The van der Waals surface area contributed by atoms with Crippen LogP contribution >= 0.6 is 0 Å². The normalized spacial score (nSPS) is 11.9. The van der Waals surface area contributed by atoms with Crippen LogP contribution in [-0.2, 0) is 4.79 Å². The highest BCUT2D eigenvalue weighted by atomic mass is 19.4. The first-order chi connectivity index (χ1) is 7.39. The summed E-state index contributed by atoms with van der Waals surface area (Å²) in [7, 11) is 0. The van der Waals surface area contributed by atoms with Crippen molar-refractivity contribution in [2.45, 2.75) is 6.18 Å². The number of nitrogens with one attached hydrogen (secondary N) is 1. The van der Waals surface area contributed by atoms with Gasteiger partial charge in [-0.15, -0.1) is 0 Å². The van der Waals surface area contributed by atoms with Crippen molar-refractivity contribution in [3.8, 4) is 0 Å². The van der Waals surface area contributed by atoms with E-state index in [1.807, 2.05) is 0 Å². The van der Waals surface area contributed by atoms with Crippen LogP contribution in [-0.4, -0.2) is 61.4 Å². The van der Waals surface area contributed by atoms with Crippen LogP contribution in [0.15, 0.2) is 0 Å². The van der Waals surface area contributed by atoms with Crippen LogP contribution < -0.4 is 11.1 Å². The summed E-state index contributed by atoms with van der Waals surface area (Å²) in [5.41, 5.74) is 5.12. The highest BCUT2D eigenvalue weighted by molar-refractivity contribution is 5.77. The Morgan fingerprint density at radius 3 is 2.50 bits per heavy atom. The second kappa shape index (κ2) is 7.42. The van der Waals surface area contributed by atoms with Crippen LogP contribution in [0.25, 0.3) is 0 Å². The van der Waals surface area contributed by atoms with E-state index in [0.29, 0.717) is 0 Å². The Labute approximate surface area is 91.4 Å². The van der Waals surface area contributed by atoms with Crippen LogP contribution in [0.5, 0.6) is 0 Å². The fourth-order valence-electron chi connectivity index (χ4n) is 1.08. The second-order valence-electron chi connectivity index (χ2n) is 3.19. The number of aliphatic hydroxyl groups is 1. The molecule has 0 atom stereocenters. The smallest absolute Gasteiger partial charge is 0.395 e. The lowest BCUT2D eigenvalue weighted by atomic mass is 10.4. The van der Waals surface area contributed by atoms with E-state index in [1.165, 1.54) is 0 Å². The summed E-state index contributed by atoms with van der Waals surface area (Å²) >= 11 is 0. The molecule has 0 aliphatic heterocycles. The number of hydrogen-bond acceptors (Lipinski definition) is 4. The van der Waals surface area contributed by atoms with Gasteiger partial charge in [0.05, 0.1) is 19.7 Å². The summed E-state index contributed by atoms with van der Waals surface area (Å²) in [6.07, 6.45) is -4.39. The molecular weight excluding hydrogens is 227 g/mol. The van der Waals surface area contributed by atoms with Crippen LogP contribution in [0.2, 0.25) is 0 Å². The lowest BCUT2D eigenvalue weighted by molar-refractivity contribution is -0.149. The number of halogens is 3. The zero-order chi connectivity index (χ0) is 12.6. The van der Waals surface area contributed by atoms with Crippen molar-refractivity contribution in [2.75, 3.05) is 39.3 Å². The van der Waals surface area contributed by atoms with Gasteiger partial charge in [-0.25, -0.2) is 0 Å². The summed E-state index contributed by atoms with van der Waals surface area (Å²) < 4.78 is 36.2. The molecule has 0 unspecified atom stereocenters. The molecule has 0 saturated carbocycles. The molecule has 96 valence electrons. The molecule has 0 heterocycles. The van der Waals surface area contributed by atoms with Crippen LogP contribution in [0.3, 0.4) is 0 Å². The van der Waals surface area contributed by atoms with Crippen molar-refractivity contribution in [1.29, 1.82) is 0 Å². The molecule has 4 N–H and O–H groups in total. The number of carbonyl (C=O) groups excluding carboxylic acids is 1. The first kappa shape index (κ1) is 15.1. The van der Waals surface area contributed by atoms with Crippen molar-refractivity contribution in [2.24, 2.45) is 5.73 Å². The molecule has 0 fully saturated rings. The highest BCUT2D eigenvalue weighted by Gasteiger charge is 2.31. The van der Waals surface area contributed by atoms with Crippen LogP contribution in [0.1, 0.15) is 0 Å². The van der Waals surface area contributed by atoms with Gasteiger partial charge in [0.25, 0.3) is 0 Å². The monoisotopic (exact) mass is 243 g/mol. The SMILES string of the molecule is NCCNC(=O)CN(CCO)CC(F)(F)F. The van der Waals surface area contributed by atoms with E-state index in [0.717, 1.165) is 4.90 Å². The van der Waals surface area contributed by atoms with E-state index in [-0.39, 0.29) is 19.6 Å². The number of amides is 1. The predicted molar refractivity (Wildman–Crippen MR) is 51.6 cm³/mol. The number of rotatable bonds is 7. The topological polar surface area (TPSA) is 78.6 Å². The number of nitrogens with two attached hydrogens (primary N) is 1. The molecule has 0 aromatic carbocycles. The molecule has 0 rings (SSSR count). The van der Waals surface area contributed by atoms with Crippen molar-refractivity contribution in [3.63, 3.8) is 0 Å². The van der Waals surface area contributed by atoms with Gasteiger partial charge in [0, 0.05) is 19.6 Å². The van der Waals surface area contributed by atoms with Gasteiger partial charge in [0.2, 0.25) is 5.91 Å². The molecular formula is C8H16F3N3O2. The van der Waals surface area contributed by atoms with Gasteiger partial charge < -0.3 is 16.2 Å². The van der Waals surface area contributed by atoms with Crippen molar-refractivity contribution in [3.05, 3.63) is 0 Å². The van der Waals surface area contributed by atoms with Gasteiger partial charge in [0.15, 0.2) is 0 Å². The van der Waals surface area contributed by atoms with E-state index in [9.17, 15) is 18.0 Å². The van der Waals surface area contributed by atoms with E-state index in [2.05, 4.69) is 5.32 Å². The quantitative estimate of drug-likeness (QED) is 0.531. The summed E-state index contributed by atoms with van der Waals surface area (Å²) in [5, 5.41) is 10.9. The lowest BCUT2D eigenvalue weighted by Crippen LogP contribution is -2.43. The molecule has 8 heteroatoms. The summed E-state index contributed by atoms with van der Waals surface area (Å²) in [4.78, 5) is 11.9. The number of carbonyl (C=O) groups is 1. The molecule has 0 bridgehead atoms. The summed E-state index contributed by atoms with van der Waals surface area (Å²) in [5.74, 6) is -0.539. The average Bonchev–Trinajstić information content (AvgIpc) is 2.12. The Kier molecular flexibility index (Phi) is 7.02. The maximum atomic E-state index is 12.1. The Morgan fingerprint density at radius 2 is 2.06 bits per heavy atom. The van der Waals surface area contributed by atoms with Gasteiger partial charge >= 0.3 is 6.18 Å². The minimum atomic E-state index is -4.39. The van der Waals surface area contributed by atoms with E-state index in [4.69, 9.17) is 10.8 Å². The third kappa shape index (κ3) is 8.45. The zero-order valence-electron chi connectivity index (χ0n) is 8.76. The maximum Gasteiger partial charge on any atom is 0.401 e.